The number of anilines is 1. The van der Waals surface area contributed by atoms with Crippen molar-refractivity contribution in [2.45, 2.75) is 25.5 Å². The van der Waals surface area contributed by atoms with E-state index >= 15 is 0 Å². The van der Waals surface area contributed by atoms with Crippen molar-refractivity contribution in [2.24, 2.45) is 0 Å². The van der Waals surface area contributed by atoms with E-state index in [9.17, 15) is 19.5 Å². The van der Waals surface area contributed by atoms with Gasteiger partial charge in [-0.25, -0.2) is 4.79 Å². The molecule has 0 saturated carbocycles. The van der Waals surface area contributed by atoms with E-state index < -0.39 is 29.3 Å². The van der Waals surface area contributed by atoms with Gasteiger partial charge < -0.3 is 19.2 Å². The maximum absolute atomic E-state index is 13.5. The summed E-state index contributed by atoms with van der Waals surface area (Å²) in [6.45, 7) is 2.22. The van der Waals surface area contributed by atoms with E-state index in [1.807, 2.05) is 31.2 Å². The molecule has 5 rings (SSSR count). The molecule has 7 nitrogen and oxygen atoms in total. The van der Waals surface area contributed by atoms with E-state index in [1.54, 1.807) is 42.5 Å². The minimum atomic E-state index is -2.10. The number of Topliss-reactive ketones (excluding diaryl/α,β-unsaturated/α-hetero) is 1. The summed E-state index contributed by atoms with van der Waals surface area (Å²) < 4.78 is 10.6. The highest BCUT2D eigenvalue weighted by Gasteiger charge is 2.51. The summed E-state index contributed by atoms with van der Waals surface area (Å²) in [5, 5.41) is 12.1. The van der Waals surface area contributed by atoms with Gasteiger partial charge in [0.15, 0.2) is 22.7 Å². The lowest BCUT2D eigenvalue weighted by Crippen LogP contribution is -2.42. The van der Waals surface area contributed by atoms with Gasteiger partial charge in [0, 0.05) is 10.9 Å². The number of fused-ring (bicyclic) bond motifs is 2. The molecule has 0 aliphatic carbocycles. The molecule has 1 aromatic heterocycles. The minimum absolute atomic E-state index is 0.224. The molecule has 1 aliphatic rings. The Kier molecular flexibility index (Phi) is 5.49. The highest BCUT2D eigenvalue weighted by Crippen LogP contribution is 2.43. The first-order valence-corrected chi connectivity index (χ1v) is 11.2. The summed E-state index contributed by atoms with van der Waals surface area (Å²) in [5.41, 5.74) is -0.127. The molecular formula is C28H23NO6. The van der Waals surface area contributed by atoms with Crippen LogP contribution in [0, 0.1) is 6.92 Å². The molecule has 1 amide bonds. The van der Waals surface area contributed by atoms with Crippen LogP contribution in [-0.2, 0) is 16.9 Å². The van der Waals surface area contributed by atoms with Gasteiger partial charge in [-0.3, -0.25) is 9.59 Å². The number of methoxy groups -OCH3 is 1. The summed E-state index contributed by atoms with van der Waals surface area (Å²) in [6.07, 6.45) is -0.590. The molecule has 0 radical (unpaired) electrons. The van der Waals surface area contributed by atoms with Crippen LogP contribution in [0.25, 0.3) is 11.0 Å². The van der Waals surface area contributed by atoms with Crippen molar-refractivity contribution in [3.63, 3.8) is 0 Å². The lowest BCUT2D eigenvalue weighted by molar-refractivity contribution is -0.136. The van der Waals surface area contributed by atoms with Gasteiger partial charge in [-0.15, -0.1) is 0 Å². The third-order valence-corrected chi connectivity index (χ3v) is 6.36. The Labute approximate surface area is 201 Å². The first-order chi connectivity index (χ1) is 16.8. The predicted octanol–water partition coefficient (Wildman–Crippen LogP) is 4.12. The van der Waals surface area contributed by atoms with Crippen LogP contribution in [0.4, 0.5) is 5.69 Å². The molecule has 2 heterocycles. The van der Waals surface area contributed by atoms with Crippen molar-refractivity contribution < 1.29 is 23.8 Å². The lowest BCUT2D eigenvalue weighted by atomic mass is 9.88. The number of ether oxygens (including phenoxy) is 1. The number of hydrogen-bond acceptors (Lipinski definition) is 6. The first kappa shape index (κ1) is 22.6. The molecule has 3 aromatic carbocycles. The number of rotatable bonds is 6. The van der Waals surface area contributed by atoms with Crippen molar-refractivity contribution in [3.8, 4) is 5.75 Å². The van der Waals surface area contributed by atoms with Gasteiger partial charge in [0.1, 0.15) is 5.56 Å². The number of hydrogen-bond donors (Lipinski definition) is 1. The summed E-state index contributed by atoms with van der Waals surface area (Å²) in [4.78, 5) is 40.9. The lowest BCUT2D eigenvalue weighted by Gasteiger charge is -2.23. The van der Waals surface area contributed by atoms with Gasteiger partial charge in [0.05, 0.1) is 25.8 Å². The van der Waals surface area contributed by atoms with Crippen molar-refractivity contribution in [2.75, 3.05) is 12.0 Å². The van der Waals surface area contributed by atoms with Gasteiger partial charge >= 0.3 is 5.63 Å². The predicted molar refractivity (Wildman–Crippen MR) is 131 cm³/mol. The van der Waals surface area contributed by atoms with Crippen LogP contribution in [-0.4, -0.2) is 23.9 Å². The summed E-state index contributed by atoms with van der Waals surface area (Å²) in [5.74, 6) is -0.936. The van der Waals surface area contributed by atoms with Crippen molar-refractivity contribution in [3.05, 3.63) is 105 Å². The number of para-hydroxylation sites is 2. The molecule has 1 atom stereocenters. The quantitative estimate of drug-likeness (QED) is 0.337. The van der Waals surface area contributed by atoms with E-state index in [2.05, 4.69) is 0 Å². The molecule has 0 saturated heterocycles. The monoisotopic (exact) mass is 469 g/mol. The van der Waals surface area contributed by atoms with Crippen LogP contribution < -0.4 is 15.3 Å². The fourth-order valence-corrected chi connectivity index (χ4v) is 4.51. The highest BCUT2D eigenvalue weighted by atomic mass is 16.5. The second-order valence-corrected chi connectivity index (χ2v) is 8.68. The molecule has 1 N–H and O–H groups in total. The Balaban J connectivity index is 1.50. The standard InChI is InChI=1S/C28H23NO6/c1-17-10-12-18(13-11-17)16-29-22-8-4-3-7-21(22)28(33,27(29)32)15-23(30)20-14-19-6-5-9-24(34-2)25(19)35-26(20)31/h3-14,33H,15-16H2,1-2H3/t28-/m1/s1. The normalized spacial score (nSPS) is 17.0. The van der Waals surface area contributed by atoms with Crippen molar-refractivity contribution in [1.29, 1.82) is 0 Å². The molecule has 4 aromatic rings. The number of amides is 1. The van der Waals surface area contributed by atoms with E-state index in [0.717, 1.165) is 11.1 Å². The Morgan fingerprint density at radius 1 is 1.03 bits per heavy atom. The van der Waals surface area contributed by atoms with Gasteiger partial charge in [0.2, 0.25) is 0 Å². The molecule has 0 unspecified atom stereocenters. The molecule has 7 heteroatoms. The van der Waals surface area contributed by atoms with Gasteiger partial charge in [-0.1, -0.05) is 60.2 Å². The number of aryl methyl sites for hydroxylation is 1. The molecule has 0 fully saturated rings. The second-order valence-electron chi connectivity index (χ2n) is 8.68. The van der Waals surface area contributed by atoms with Crippen LogP contribution in [0.2, 0.25) is 0 Å². The Hall–Kier alpha value is -4.23. The summed E-state index contributed by atoms with van der Waals surface area (Å²) in [6, 6.07) is 21.0. The Morgan fingerprint density at radius 2 is 1.77 bits per heavy atom. The Morgan fingerprint density at radius 3 is 2.51 bits per heavy atom. The van der Waals surface area contributed by atoms with Crippen LogP contribution in [0.15, 0.2) is 82.0 Å². The summed E-state index contributed by atoms with van der Waals surface area (Å²) in [7, 11) is 1.45. The van der Waals surface area contributed by atoms with Crippen molar-refractivity contribution in [1.82, 2.24) is 0 Å². The van der Waals surface area contributed by atoms with E-state index in [4.69, 9.17) is 9.15 Å². The maximum Gasteiger partial charge on any atom is 0.347 e. The van der Waals surface area contributed by atoms with Gasteiger partial charge in [0.25, 0.3) is 5.91 Å². The molecule has 176 valence electrons. The first-order valence-electron chi connectivity index (χ1n) is 11.2. The molecular weight excluding hydrogens is 446 g/mol. The van der Waals surface area contributed by atoms with E-state index in [1.165, 1.54) is 18.1 Å². The average Bonchev–Trinajstić information content (AvgIpc) is 3.06. The third-order valence-electron chi connectivity index (χ3n) is 6.36. The van der Waals surface area contributed by atoms with Gasteiger partial charge in [-0.2, -0.15) is 0 Å². The van der Waals surface area contributed by atoms with Crippen LogP contribution in [0.1, 0.15) is 33.5 Å². The maximum atomic E-state index is 13.5. The molecule has 35 heavy (non-hydrogen) atoms. The molecule has 0 bridgehead atoms. The zero-order chi connectivity index (χ0) is 24.7. The zero-order valence-electron chi connectivity index (χ0n) is 19.3. The van der Waals surface area contributed by atoms with Crippen LogP contribution >= 0.6 is 0 Å². The van der Waals surface area contributed by atoms with Crippen molar-refractivity contribution >= 4 is 28.3 Å². The number of carbonyl (C=O) groups is 2. The number of ketones is 1. The van der Waals surface area contributed by atoms with E-state index in [-0.39, 0.29) is 17.7 Å². The average molecular weight is 469 g/mol. The number of aliphatic hydroxyl groups is 1. The second kappa shape index (κ2) is 8.52. The Bertz CT molecular complexity index is 1520. The smallest absolute Gasteiger partial charge is 0.347 e. The number of benzene rings is 3. The SMILES string of the molecule is COc1cccc2cc(C(=O)C[C@]3(O)C(=O)N(Cc4ccc(C)cc4)c4ccccc43)c(=O)oc12. The fourth-order valence-electron chi connectivity index (χ4n) is 4.51. The minimum Gasteiger partial charge on any atom is -0.493 e. The number of carbonyl (C=O) groups excluding carboxylic acids is 2. The summed E-state index contributed by atoms with van der Waals surface area (Å²) >= 11 is 0. The molecule has 0 spiro atoms. The molecule has 1 aliphatic heterocycles. The van der Waals surface area contributed by atoms with E-state index in [0.29, 0.717) is 22.4 Å². The highest BCUT2D eigenvalue weighted by molar-refractivity contribution is 6.11. The van der Waals surface area contributed by atoms with Gasteiger partial charge in [-0.05, 0) is 30.7 Å². The van der Waals surface area contributed by atoms with Crippen LogP contribution in [0.5, 0.6) is 5.75 Å². The zero-order valence-corrected chi connectivity index (χ0v) is 19.3. The third kappa shape index (κ3) is 3.80. The van der Waals surface area contributed by atoms with Crippen LogP contribution in [0.3, 0.4) is 0 Å². The topological polar surface area (TPSA) is 97.0 Å². The fraction of sp³-hybridized carbons (Fsp3) is 0.179. The number of nitrogens with zero attached hydrogens (tertiary/aromatic N) is 1. The largest absolute Gasteiger partial charge is 0.493 e.